The Morgan fingerprint density at radius 3 is 2.12 bits per heavy atom. The molecule has 134 valence electrons. The van der Waals surface area contributed by atoms with Crippen molar-refractivity contribution < 1.29 is 14.4 Å². The summed E-state index contributed by atoms with van der Waals surface area (Å²) in [5.74, 6) is -0.416. The largest absolute Gasteiger partial charge is 0.344 e. The minimum absolute atomic E-state index is 0.0636. The molecular formula is C20H21N3O3. The molecule has 2 aromatic rings. The fourth-order valence-electron chi connectivity index (χ4n) is 3.08. The van der Waals surface area contributed by atoms with Crippen LogP contribution in [0.5, 0.6) is 0 Å². The van der Waals surface area contributed by atoms with E-state index in [1.54, 1.807) is 39.9 Å². The normalized spacial score (nSPS) is 13.0. The van der Waals surface area contributed by atoms with Crippen molar-refractivity contribution in [2.75, 3.05) is 29.9 Å². The Morgan fingerprint density at radius 2 is 1.50 bits per heavy atom. The lowest BCUT2D eigenvalue weighted by Gasteiger charge is -2.26. The Hall–Kier alpha value is -3.15. The molecule has 1 aliphatic rings. The third-order valence-corrected chi connectivity index (χ3v) is 4.55. The molecule has 0 radical (unpaired) electrons. The lowest BCUT2D eigenvalue weighted by molar-refractivity contribution is -0.127. The fourth-order valence-corrected chi connectivity index (χ4v) is 3.08. The van der Waals surface area contributed by atoms with Gasteiger partial charge in [0.25, 0.3) is 5.91 Å². The molecule has 0 saturated heterocycles. The molecule has 6 heteroatoms. The molecule has 0 spiro atoms. The van der Waals surface area contributed by atoms with E-state index in [2.05, 4.69) is 0 Å². The number of hydrogen-bond acceptors (Lipinski definition) is 3. The quantitative estimate of drug-likeness (QED) is 0.854. The van der Waals surface area contributed by atoms with E-state index in [0.717, 1.165) is 0 Å². The van der Waals surface area contributed by atoms with Gasteiger partial charge in [0.05, 0.1) is 22.6 Å². The molecule has 0 atom stereocenters. The first-order valence-electron chi connectivity index (χ1n) is 8.44. The number of rotatable bonds is 3. The summed E-state index contributed by atoms with van der Waals surface area (Å²) in [6.45, 7) is 3.71. The zero-order valence-corrected chi connectivity index (χ0v) is 15.1. The monoisotopic (exact) mass is 351 g/mol. The zero-order valence-electron chi connectivity index (χ0n) is 15.1. The van der Waals surface area contributed by atoms with Gasteiger partial charge in [-0.3, -0.25) is 19.3 Å². The summed E-state index contributed by atoms with van der Waals surface area (Å²) in [6, 6.07) is 14.4. The first-order valence-corrected chi connectivity index (χ1v) is 8.44. The van der Waals surface area contributed by atoms with Gasteiger partial charge in [0.2, 0.25) is 11.8 Å². The van der Waals surface area contributed by atoms with Crippen LogP contribution in [0.4, 0.5) is 17.1 Å². The third kappa shape index (κ3) is 3.06. The van der Waals surface area contributed by atoms with Gasteiger partial charge in [-0.2, -0.15) is 0 Å². The predicted molar refractivity (Wildman–Crippen MR) is 101 cm³/mol. The summed E-state index contributed by atoms with van der Waals surface area (Å²) in [5.41, 5.74) is 2.34. The smallest absolute Gasteiger partial charge is 0.260 e. The maximum Gasteiger partial charge on any atom is 0.260 e. The van der Waals surface area contributed by atoms with Gasteiger partial charge in [0, 0.05) is 34.0 Å². The van der Waals surface area contributed by atoms with Gasteiger partial charge in [-0.15, -0.1) is 0 Å². The second-order valence-electron chi connectivity index (χ2n) is 6.26. The maximum absolute atomic E-state index is 13.2. The van der Waals surface area contributed by atoms with Crippen LogP contribution < -0.4 is 9.80 Å². The first kappa shape index (κ1) is 17.7. The molecule has 1 heterocycles. The molecule has 2 aromatic carbocycles. The van der Waals surface area contributed by atoms with Crippen LogP contribution in [0.15, 0.2) is 48.5 Å². The van der Waals surface area contributed by atoms with Gasteiger partial charge >= 0.3 is 0 Å². The first-order chi connectivity index (χ1) is 12.4. The van der Waals surface area contributed by atoms with Crippen LogP contribution in [0.25, 0.3) is 0 Å². The van der Waals surface area contributed by atoms with E-state index >= 15 is 0 Å². The van der Waals surface area contributed by atoms with Crippen LogP contribution in [0, 0.1) is 0 Å². The van der Waals surface area contributed by atoms with Crippen LogP contribution in [-0.2, 0) is 9.59 Å². The highest BCUT2D eigenvalue weighted by Gasteiger charge is 2.32. The number of fused-ring (bicyclic) bond motifs is 2. The average Bonchev–Trinajstić information content (AvgIpc) is 2.72. The van der Waals surface area contributed by atoms with Crippen molar-refractivity contribution in [2.24, 2.45) is 0 Å². The summed E-state index contributed by atoms with van der Waals surface area (Å²) in [7, 11) is 1.70. The van der Waals surface area contributed by atoms with Crippen molar-refractivity contribution in [1.82, 2.24) is 4.90 Å². The molecule has 0 unspecified atom stereocenters. The highest BCUT2D eigenvalue weighted by atomic mass is 16.2. The highest BCUT2D eigenvalue weighted by Crippen LogP contribution is 2.40. The van der Waals surface area contributed by atoms with Crippen LogP contribution in [0.2, 0.25) is 0 Å². The average molecular weight is 351 g/mol. The maximum atomic E-state index is 13.2. The standard InChI is InChI=1S/C20H21N3O3/c1-14(24)21(3)12-13-22-18-10-6-7-11-19(18)23(15(2)25)17-9-5-4-8-16(17)20(22)26/h4-11H,12-13H2,1-3H3. The molecule has 0 bridgehead atoms. The van der Waals surface area contributed by atoms with Crippen LogP contribution in [-0.4, -0.2) is 42.8 Å². The van der Waals surface area contributed by atoms with E-state index in [1.165, 1.54) is 13.8 Å². The topological polar surface area (TPSA) is 60.9 Å². The van der Waals surface area contributed by atoms with E-state index in [9.17, 15) is 14.4 Å². The van der Waals surface area contributed by atoms with E-state index in [0.29, 0.717) is 35.7 Å². The van der Waals surface area contributed by atoms with Gasteiger partial charge in [-0.05, 0) is 24.3 Å². The van der Waals surface area contributed by atoms with Crippen molar-refractivity contribution >= 4 is 34.8 Å². The Balaban J connectivity index is 2.13. The molecule has 0 aromatic heterocycles. The molecule has 0 aliphatic carbocycles. The summed E-state index contributed by atoms with van der Waals surface area (Å²) >= 11 is 0. The lowest BCUT2D eigenvalue weighted by Crippen LogP contribution is -2.38. The van der Waals surface area contributed by atoms with Crippen LogP contribution >= 0.6 is 0 Å². The number of amides is 3. The van der Waals surface area contributed by atoms with E-state index in [4.69, 9.17) is 0 Å². The Morgan fingerprint density at radius 1 is 0.923 bits per heavy atom. The number of likely N-dealkylation sites (N-methyl/N-ethyl adjacent to an activating group) is 1. The van der Waals surface area contributed by atoms with Gasteiger partial charge < -0.3 is 9.80 Å². The lowest BCUT2D eigenvalue weighted by atomic mass is 10.1. The SMILES string of the molecule is CC(=O)N(C)CCN1C(=O)c2ccccc2N(C(C)=O)c2ccccc21. The van der Waals surface area contributed by atoms with Crippen molar-refractivity contribution in [1.29, 1.82) is 0 Å². The van der Waals surface area contributed by atoms with Gasteiger partial charge in [0.1, 0.15) is 0 Å². The zero-order chi connectivity index (χ0) is 18.8. The number of carbonyl (C=O) groups excluding carboxylic acids is 3. The predicted octanol–water partition coefficient (Wildman–Crippen LogP) is 2.81. The van der Waals surface area contributed by atoms with Crippen LogP contribution in [0.3, 0.4) is 0 Å². The molecule has 26 heavy (non-hydrogen) atoms. The molecule has 1 aliphatic heterocycles. The Bertz CT molecular complexity index is 878. The summed E-state index contributed by atoms with van der Waals surface area (Å²) in [6.07, 6.45) is 0. The molecular weight excluding hydrogens is 330 g/mol. The summed E-state index contributed by atoms with van der Waals surface area (Å²) in [4.78, 5) is 41.9. The molecule has 0 saturated carbocycles. The number of hydrogen-bond donors (Lipinski definition) is 0. The van der Waals surface area contributed by atoms with Crippen LogP contribution in [0.1, 0.15) is 24.2 Å². The minimum Gasteiger partial charge on any atom is -0.344 e. The molecule has 3 amide bonds. The molecule has 6 nitrogen and oxygen atoms in total. The van der Waals surface area contributed by atoms with Crippen molar-refractivity contribution in [2.45, 2.75) is 13.8 Å². The number of carbonyl (C=O) groups is 3. The molecule has 3 rings (SSSR count). The third-order valence-electron chi connectivity index (χ3n) is 4.55. The molecule has 0 fully saturated rings. The van der Waals surface area contributed by atoms with E-state index < -0.39 is 0 Å². The Kier molecular flexibility index (Phi) is 4.75. The van der Waals surface area contributed by atoms with E-state index in [-0.39, 0.29) is 17.7 Å². The second kappa shape index (κ2) is 7.00. The highest BCUT2D eigenvalue weighted by molar-refractivity contribution is 6.18. The number of para-hydroxylation sites is 3. The molecule has 0 N–H and O–H groups in total. The fraction of sp³-hybridized carbons (Fsp3) is 0.250. The number of nitrogens with zero attached hydrogens (tertiary/aromatic N) is 3. The van der Waals surface area contributed by atoms with Gasteiger partial charge in [0.15, 0.2) is 0 Å². The number of anilines is 3. The Labute approximate surface area is 152 Å². The summed E-state index contributed by atoms with van der Waals surface area (Å²) < 4.78 is 0. The number of benzene rings is 2. The van der Waals surface area contributed by atoms with Gasteiger partial charge in [-0.25, -0.2) is 0 Å². The van der Waals surface area contributed by atoms with E-state index in [1.807, 2.05) is 30.3 Å². The van der Waals surface area contributed by atoms with Crippen molar-refractivity contribution in [3.05, 3.63) is 54.1 Å². The van der Waals surface area contributed by atoms with Crippen molar-refractivity contribution in [3.63, 3.8) is 0 Å². The minimum atomic E-state index is -0.186. The second-order valence-corrected chi connectivity index (χ2v) is 6.26. The van der Waals surface area contributed by atoms with Crippen molar-refractivity contribution in [3.8, 4) is 0 Å². The summed E-state index contributed by atoms with van der Waals surface area (Å²) in [5, 5.41) is 0. The van der Waals surface area contributed by atoms with Gasteiger partial charge in [-0.1, -0.05) is 24.3 Å².